The molecule has 0 radical (unpaired) electrons. The molecule has 1 nitrogen and oxygen atoms in total. The molecule has 19 heavy (non-hydrogen) atoms. The highest BCUT2D eigenvalue weighted by Gasteiger charge is 2.34. The van der Waals surface area contributed by atoms with Crippen molar-refractivity contribution >= 4 is 0 Å². The van der Waals surface area contributed by atoms with E-state index in [4.69, 9.17) is 0 Å². The van der Waals surface area contributed by atoms with Crippen molar-refractivity contribution in [2.75, 3.05) is 0 Å². The zero-order chi connectivity index (χ0) is 12.8. The average Bonchev–Trinajstić information content (AvgIpc) is 2.46. The van der Waals surface area contributed by atoms with E-state index in [2.05, 4.69) is 29.6 Å². The molecule has 1 aliphatic heterocycles. The van der Waals surface area contributed by atoms with E-state index in [0.29, 0.717) is 12.0 Å². The van der Waals surface area contributed by atoms with Gasteiger partial charge in [0.25, 0.3) is 0 Å². The first-order valence-electron chi connectivity index (χ1n) is 6.92. The van der Waals surface area contributed by atoms with E-state index in [1.807, 2.05) is 6.07 Å². The Morgan fingerprint density at radius 1 is 1.00 bits per heavy atom. The van der Waals surface area contributed by atoms with Crippen molar-refractivity contribution in [1.82, 2.24) is 5.32 Å². The third kappa shape index (κ3) is 1.71. The van der Waals surface area contributed by atoms with Crippen molar-refractivity contribution in [3.05, 3.63) is 70.5 Å². The second-order valence-electron chi connectivity index (χ2n) is 5.55. The lowest BCUT2D eigenvalue weighted by molar-refractivity contribution is 0.392. The molecule has 0 saturated heterocycles. The zero-order valence-corrected chi connectivity index (χ0v) is 10.7. The molecule has 2 heteroatoms. The topological polar surface area (TPSA) is 12.0 Å². The van der Waals surface area contributed by atoms with Crippen molar-refractivity contribution in [1.29, 1.82) is 0 Å². The van der Waals surface area contributed by atoms with Crippen LogP contribution in [0.2, 0.25) is 0 Å². The molecule has 0 saturated carbocycles. The Labute approximate surface area is 112 Å². The molecule has 2 aromatic rings. The van der Waals surface area contributed by atoms with Crippen LogP contribution in [0.1, 0.15) is 34.6 Å². The number of halogens is 1. The van der Waals surface area contributed by atoms with Crippen molar-refractivity contribution in [2.24, 2.45) is 0 Å². The number of nitrogens with one attached hydrogen (secondary N) is 1. The Balaban J connectivity index is 1.90. The number of fused-ring (bicyclic) bond motifs is 5. The van der Waals surface area contributed by atoms with Crippen LogP contribution in [-0.2, 0) is 13.0 Å². The monoisotopic (exact) mass is 253 g/mol. The molecule has 1 heterocycles. The van der Waals surface area contributed by atoms with Crippen LogP contribution in [0.3, 0.4) is 0 Å². The van der Waals surface area contributed by atoms with Gasteiger partial charge in [0.2, 0.25) is 0 Å². The molecule has 1 aliphatic carbocycles. The lowest BCUT2D eigenvalue weighted by Crippen LogP contribution is -2.42. The average molecular weight is 253 g/mol. The summed E-state index contributed by atoms with van der Waals surface area (Å²) < 4.78 is 13.4. The number of benzene rings is 2. The number of aryl methyl sites for hydroxylation is 1. The van der Waals surface area contributed by atoms with Gasteiger partial charge in [0.1, 0.15) is 5.82 Å². The van der Waals surface area contributed by atoms with Crippen LogP contribution in [-0.4, -0.2) is 6.04 Å². The lowest BCUT2D eigenvalue weighted by atomic mass is 9.72. The van der Waals surface area contributed by atoms with Crippen LogP contribution in [0.5, 0.6) is 0 Å². The normalized spacial score (nSPS) is 24.3. The lowest BCUT2D eigenvalue weighted by Gasteiger charge is -2.39. The summed E-state index contributed by atoms with van der Waals surface area (Å²) in [7, 11) is 0. The summed E-state index contributed by atoms with van der Waals surface area (Å²) in [5.41, 5.74) is 5.27. The maximum atomic E-state index is 13.4. The standard InChI is InChI=1S/C17H16FN/c18-13-6-7-15-12(9-13)10-19-16-8-5-11-3-1-2-4-14(11)17(15)16/h1-4,6-7,9,16-17,19H,5,8,10H2/t16-,17-/m0/s1. The first-order chi connectivity index (χ1) is 9.33. The highest BCUT2D eigenvalue weighted by Crippen LogP contribution is 2.40. The molecule has 0 fully saturated rings. The fourth-order valence-corrected chi connectivity index (χ4v) is 3.64. The van der Waals surface area contributed by atoms with E-state index in [1.165, 1.54) is 23.1 Å². The van der Waals surface area contributed by atoms with Gasteiger partial charge in [0.15, 0.2) is 0 Å². The van der Waals surface area contributed by atoms with E-state index >= 15 is 0 Å². The Morgan fingerprint density at radius 2 is 1.84 bits per heavy atom. The number of hydrogen-bond donors (Lipinski definition) is 1. The SMILES string of the molecule is Fc1ccc2c(c1)CN[C@H]1CCc3ccccc3[C@@H]21. The molecule has 1 N–H and O–H groups in total. The highest BCUT2D eigenvalue weighted by atomic mass is 19.1. The van der Waals surface area contributed by atoms with Crippen LogP contribution in [0.25, 0.3) is 0 Å². The predicted octanol–water partition coefficient (Wildman–Crippen LogP) is 3.38. The van der Waals surface area contributed by atoms with Crippen LogP contribution < -0.4 is 5.32 Å². The molecule has 0 bridgehead atoms. The summed E-state index contributed by atoms with van der Waals surface area (Å²) in [6, 6.07) is 14.4. The second-order valence-corrected chi connectivity index (χ2v) is 5.55. The molecule has 0 unspecified atom stereocenters. The van der Waals surface area contributed by atoms with Crippen LogP contribution in [0.15, 0.2) is 42.5 Å². The molecule has 2 atom stereocenters. The molecule has 4 rings (SSSR count). The first kappa shape index (κ1) is 11.2. The molecular weight excluding hydrogens is 237 g/mol. The molecule has 96 valence electrons. The summed E-state index contributed by atoms with van der Waals surface area (Å²) >= 11 is 0. The third-order valence-electron chi connectivity index (χ3n) is 4.51. The van der Waals surface area contributed by atoms with E-state index in [-0.39, 0.29) is 5.82 Å². The van der Waals surface area contributed by atoms with Gasteiger partial charge in [-0.1, -0.05) is 30.3 Å². The Hall–Kier alpha value is -1.67. The minimum absolute atomic E-state index is 0.136. The quantitative estimate of drug-likeness (QED) is 0.759. The van der Waals surface area contributed by atoms with Crippen molar-refractivity contribution in [3.63, 3.8) is 0 Å². The van der Waals surface area contributed by atoms with Gasteiger partial charge < -0.3 is 5.32 Å². The summed E-state index contributed by atoms with van der Waals surface area (Å²) in [4.78, 5) is 0. The molecule has 2 aromatic carbocycles. The second kappa shape index (κ2) is 4.17. The fraction of sp³-hybridized carbons (Fsp3) is 0.294. The molecule has 0 spiro atoms. The zero-order valence-electron chi connectivity index (χ0n) is 10.7. The molecule has 2 aliphatic rings. The summed E-state index contributed by atoms with van der Waals surface area (Å²) in [6.45, 7) is 0.788. The van der Waals surface area contributed by atoms with Crippen LogP contribution in [0, 0.1) is 5.82 Å². The molecule has 0 aromatic heterocycles. The van der Waals surface area contributed by atoms with E-state index < -0.39 is 0 Å². The smallest absolute Gasteiger partial charge is 0.123 e. The Kier molecular flexibility index (Phi) is 2.46. The largest absolute Gasteiger partial charge is 0.309 e. The van der Waals surface area contributed by atoms with Gasteiger partial charge >= 0.3 is 0 Å². The highest BCUT2D eigenvalue weighted by molar-refractivity contribution is 5.46. The maximum absolute atomic E-state index is 13.4. The van der Waals surface area contributed by atoms with Gasteiger partial charge in [-0.05, 0) is 47.2 Å². The minimum Gasteiger partial charge on any atom is -0.309 e. The Morgan fingerprint density at radius 3 is 2.79 bits per heavy atom. The van der Waals surface area contributed by atoms with E-state index in [0.717, 1.165) is 18.5 Å². The minimum atomic E-state index is -0.136. The van der Waals surface area contributed by atoms with Crippen molar-refractivity contribution in [3.8, 4) is 0 Å². The molecular formula is C17H16FN. The summed E-state index contributed by atoms with van der Waals surface area (Å²) in [5, 5.41) is 3.58. The van der Waals surface area contributed by atoms with E-state index in [1.54, 1.807) is 12.1 Å². The fourth-order valence-electron chi connectivity index (χ4n) is 3.64. The van der Waals surface area contributed by atoms with Crippen molar-refractivity contribution in [2.45, 2.75) is 31.3 Å². The molecule has 0 amide bonds. The van der Waals surface area contributed by atoms with Gasteiger partial charge in [-0.25, -0.2) is 4.39 Å². The summed E-state index contributed by atoms with van der Waals surface area (Å²) in [6.07, 6.45) is 2.30. The maximum Gasteiger partial charge on any atom is 0.123 e. The van der Waals surface area contributed by atoms with Crippen LogP contribution >= 0.6 is 0 Å². The van der Waals surface area contributed by atoms with Gasteiger partial charge in [-0.15, -0.1) is 0 Å². The number of hydrogen-bond acceptors (Lipinski definition) is 1. The van der Waals surface area contributed by atoms with Gasteiger partial charge in [0, 0.05) is 18.5 Å². The first-order valence-corrected chi connectivity index (χ1v) is 6.92. The van der Waals surface area contributed by atoms with Gasteiger partial charge in [-0.3, -0.25) is 0 Å². The summed E-state index contributed by atoms with van der Waals surface area (Å²) in [5.74, 6) is 0.248. The third-order valence-corrected chi connectivity index (χ3v) is 4.51. The van der Waals surface area contributed by atoms with Gasteiger partial charge in [-0.2, -0.15) is 0 Å². The number of rotatable bonds is 0. The predicted molar refractivity (Wildman–Crippen MR) is 73.6 cm³/mol. The van der Waals surface area contributed by atoms with Crippen LogP contribution in [0.4, 0.5) is 4.39 Å². The Bertz CT molecular complexity index is 635. The van der Waals surface area contributed by atoms with E-state index in [9.17, 15) is 4.39 Å². The van der Waals surface area contributed by atoms with Gasteiger partial charge in [0.05, 0.1) is 0 Å². The van der Waals surface area contributed by atoms with Crippen molar-refractivity contribution < 1.29 is 4.39 Å².